The van der Waals surface area contributed by atoms with Gasteiger partial charge in [-0.15, -0.1) is 23.5 Å². The van der Waals surface area contributed by atoms with E-state index < -0.39 is 0 Å². The maximum absolute atomic E-state index is 3.46. The third-order valence-corrected chi connectivity index (χ3v) is 4.25. The zero-order valence-corrected chi connectivity index (χ0v) is 12.1. The fraction of sp³-hybridized carbons (Fsp3) is 0.200. The van der Waals surface area contributed by atoms with Crippen LogP contribution in [0.5, 0.6) is 0 Å². The van der Waals surface area contributed by atoms with E-state index in [1.165, 1.54) is 15.5 Å². The van der Waals surface area contributed by atoms with Crippen LogP contribution in [0.3, 0.4) is 0 Å². The van der Waals surface area contributed by atoms with Crippen LogP contribution in [0.15, 0.2) is 64.4 Å². The molecule has 0 aliphatic rings. The van der Waals surface area contributed by atoms with E-state index >= 15 is 0 Å². The molecule has 0 aliphatic carbocycles. The highest BCUT2D eigenvalue weighted by Crippen LogP contribution is 2.20. The zero-order valence-electron chi connectivity index (χ0n) is 10.4. The van der Waals surface area contributed by atoms with Gasteiger partial charge in [-0.2, -0.15) is 0 Å². The van der Waals surface area contributed by atoms with E-state index in [1.54, 1.807) is 11.8 Å². The smallest absolute Gasteiger partial charge is 0.0351 e. The quantitative estimate of drug-likeness (QED) is 0.610. The summed E-state index contributed by atoms with van der Waals surface area (Å²) in [6.07, 6.45) is 2.10. The molecule has 0 unspecified atom stereocenters. The summed E-state index contributed by atoms with van der Waals surface area (Å²) in [6, 6.07) is 19.1. The van der Waals surface area contributed by atoms with Gasteiger partial charge in [0.25, 0.3) is 0 Å². The van der Waals surface area contributed by atoms with E-state index in [4.69, 9.17) is 0 Å². The van der Waals surface area contributed by atoms with Crippen molar-refractivity contribution >= 4 is 29.2 Å². The summed E-state index contributed by atoms with van der Waals surface area (Å²) in [4.78, 5) is 2.63. The van der Waals surface area contributed by atoms with Gasteiger partial charge in [0.2, 0.25) is 0 Å². The molecule has 94 valence electrons. The average molecular weight is 275 g/mol. The summed E-state index contributed by atoms with van der Waals surface area (Å²) in [5.74, 6) is 1.08. The summed E-state index contributed by atoms with van der Waals surface area (Å²) in [6.45, 7) is 0.984. The Bertz CT molecular complexity index is 471. The van der Waals surface area contributed by atoms with Crippen molar-refractivity contribution in [2.45, 2.75) is 9.79 Å². The van der Waals surface area contributed by atoms with Crippen LogP contribution >= 0.6 is 23.5 Å². The van der Waals surface area contributed by atoms with Crippen molar-refractivity contribution in [2.24, 2.45) is 0 Å². The Morgan fingerprint density at radius 1 is 0.944 bits per heavy atom. The zero-order chi connectivity index (χ0) is 12.6. The highest BCUT2D eigenvalue weighted by atomic mass is 32.2. The van der Waals surface area contributed by atoms with E-state index in [0.29, 0.717) is 0 Å². The monoisotopic (exact) mass is 275 g/mol. The van der Waals surface area contributed by atoms with Crippen LogP contribution in [0.1, 0.15) is 0 Å². The maximum Gasteiger partial charge on any atom is 0.0351 e. The van der Waals surface area contributed by atoms with Gasteiger partial charge in [0, 0.05) is 27.8 Å². The van der Waals surface area contributed by atoms with Crippen LogP contribution in [0.2, 0.25) is 0 Å². The molecule has 18 heavy (non-hydrogen) atoms. The molecular weight excluding hydrogens is 258 g/mol. The van der Waals surface area contributed by atoms with Crippen molar-refractivity contribution in [2.75, 3.05) is 23.9 Å². The van der Waals surface area contributed by atoms with Crippen molar-refractivity contribution in [1.82, 2.24) is 0 Å². The number of nitrogens with one attached hydrogen (secondary N) is 1. The molecule has 0 atom stereocenters. The Labute approximate surface area is 117 Å². The van der Waals surface area contributed by atoms with Gasteiger partial charge < -0.3 is 5.32 Å². The SMILES string of the molecule is CSc1cccc(NCCSc2ccccc2)c1. The highest BCUT2D eigenvalue weighted by molar-refractivity contribution is 7.99. The number of hydrogen-bond donors (Lipinski definition) is 1. The van der Waals surface area contributed by atoms with Gasteiger partial charge >= 0.3 is 0 Å². The van der Waals surface area contributed by atoms with Crippen LogP contribution < -0.4 is 5.32 Å². The van der Waals surface area contributed by atoms with E-state index in [1.807, 2.05) is 11.8 Å². The summed E-state index contributed by atoms with van der Waals surface area (Å²) < 4.78 is 0. The first-order chi connectivity index (χ1) is 8.88. The van der Waals surface area contributed by atoms with Crippen molar-refractivity contribution in [1.29, 1.82) is 0 Å². The molecule has 0 heterocycles. The van der Waals surface area contributed by atoms with E-state index in [-0.39, 0.29) is 0 Å². The summed E-state index contributed by atoms with van der Waals surface area (Å²) >= 11 is 3.66. The fourth-order valence-electron chi connectivity index (χ4n) is 1.61. The lowest BCUT2D eigenvalue weighted by molar-refractivity contribution is 1.21. The molecule has 0 radical (unpaired) electrons. The van der Waals surface area contributed by atoms with Crippen molar-refractivity contribution in [3.8, 4) is 0 Å². The lowest BCUT2D eigenvalue weighted by atomic mass is 10.3. The number of anilines is 1. The molecular formula is C15H17NS2. The lowest BCUT2D eigenvalue weighted by Gasteiger charge is -2.07. The second-order valence-corrected chi connectivity index (χ2v) is 5.87. The Morgan fingerprint density at radius 3 is 2.50 bits per heavy atom. The molecule has 2 rings (SSSR count). The Hall–Kier alpha value is -1.06. The van der Waals surface area contributed by atoms with Gasteiger partial charge in [-0.3, -0.25) is 0 Å². The van der Waals surface area contributed by atoms with Crippen LogP contribution in [0.4, 0.5) is 5.69 Å². The first-order valence-corrected chi connectivity index (χ1v) is 8.15. The summed E-state index contributed by atoms with van der Waals surface area (Å²) in [5, 5.41) is 3.46. The molecule has 0 spiro atoms. The van der Waals surface area contributed by atoms with E-state index in [0.717, 1.165) is 12.3 Å². The molecule has 1 nitrogen and oxygen atoms in total. The van der Waals surface area contributed by atoms with E-state index in [2.05, 4.69) is 66.2 Å². The van der Waals surface area contributed by atoms with Crippen LogP contribution in [0, 0.1) is 0 Å². The van der Waals surface area contributed by atoms with Crippen LogP contribution in [-0.2, 0) is 0 Å². The van der Waals surface area contributed by atoms with Gasteiger partial charge in [0.05, 0.1) is 0 Å². The third kappa shape index (κ3) is 4.31. The molecule has 0 fully saturated rings. The molecule has 3 heteroatoms. The minimum atomic E-state index is 0.984. The lowest BCUT2D eigenvalue weighted by Crippen LogP contribution is -2.03. The predicted octanol–water partition coefficient (Wildman–Crippen LogP) is 4.61. The summed E-state index contributed by atoms with van der Waals surface area (Å²) in [7, 11) is 0. The first-order valence-electron chi connectivity index (χ1n) is 5.94. The van der Waals surface area contributed by atoms with Gasteiger partial charge in [0.1, 0.15) is 0 Å². The average Bonchev–Trinajstić information content (AvgIpc) is 2.45. The second kappa shape index (κ2) is 7.39. The molecule has 0 bridgehead atoms. The minimum absolute atomic E-state index is 0.984. The second-order valence-electron chi connectivity index (χ2n) is 3.82. The highest BCUT2D eigenvalue weighted by Gasteiger charge is 1.95. The Kier molecular flexibility index (Phi) is 5.49. The first kappa shape index (κ1) is 13.4. The number of hydrogen-bond acceptors (Lipinski definition) is 3. The van der Waals surface area contributed by atoms with Crippen LogP contribution in [-0.4, -0.2) is 18.6 Å². The molecule has 0 saturated heterocycles. The minimum Gasteiger partial charge on any atom is -0.384 e. The van der Waals surface area contributed by atoms with Gasteiger partial charge in [-0.1, -0.05) is 24.3 Å². The number of benzene rings is 2. The maximum atomic E-state index is 3.46. The topological polar surface area (TPSA) is 12.0 Å². The van der Waals surface area contributed by atoms with Gasteiger partial charge in [-0.25, -0.2) is 0 Å². The Balaban J connectivity index is 1.75. The molecule has 2 aromatic carbocycles. The van der Waals surface area contributed by atoms with Crippen molar-refractivity contribution < 1.29 is 0 Å². The van der Waals surface area contributed by atoms with Gasteiger partial charge in [0.15, 0.2) is 0 Å². The number of thioether (sulfide) groups is 2. The molecule has 2 aromatic rings. The predicted molar refractivity (Wildman–Crippen MR) is 83.9 cm³/mol. The summed E-state index contributed by atoms with van der Waals surface area (Å²) in [5.41, 5.74) is 1.20. The van der Waals surface area contributed by atoms with Crippen molar-refractivity contribution in [3.05, 3.63) is 54.6 Å². The molecule has 0 aromatic heterocycles. The number of rotatable bonds is 6. The molecule has 0 saturated carbocycles. The van der Waals surface area contributed by atoms with Crippen LogP contribution in [0.25, 0.3) is 0 Å². The molecule has 0 amide bonds. The van der Waals surface area contributed by atoms with Crippen molar-refractivity contribution in [3.63, 3.8) is 0 Å². The third-order valence-electron chi connectivity index (χ3n) is 2.51. The van der Waals surface area contributed by atoms with Gasteiger partial charge in [-0.05, 0) is 36.6 Å². The Morgan fingerprint density at radius 2 is 1.72 bits per heavy atom. The fourth-order valence-corrected chi connectivity index (χ4v) is 2.86. The standard InChI is InChI=1S/C15H17NS2/c1-17-15-9-5-6-13(12-15)16-10-11-18-14-7-3-2-4-8-14/h2-9,12,16H,10-11H2,1H3. The molecule has 1 N–H and O–H groups in total. The van der Waals surface area contributed by atoms with E-state index in [9.17, 15) is 0 Å². The molecule has 0 aliphatic heterocycles. The normalized spacial score (nSPS) is 10.3. The largest absolute Gasteiger partial charge is 0.384 e.